The number of phenols is 1. The van der Waals surface area contributed by atoms with Gasteiger partial charge in [0.25, 0.3) is 0 Å². The minimum Gasteiger partial charge on any atom is -0.505 e. The summed E-state index contributed by atoms with van der Waals surface area (Å²) in [6.07, 6.45) is 16.7. The molecule has 0 radical (unpaired) electrons. The first-order chi connectivity index (χ1) is 22.5. The third-order valence-electron chi connectivity index (χ3n) is 8.91. The second-order valence-corrected chi connectivity index (χ2v) is 12.5. The number of aryl methyl sites for hydroxylation is 1. The monoisotopic (exact) mass is 652 g/mol. The summed E-state index contributed by atoms with van der Waals surface area (Å²) in [6, 6.07) is 2.46. The SMILES string of the molecule is COc1cc2c(O)c(c1)NC(=O)C[C@@H](OC)/C=C/C=C/C=C/C[C@H](OC(=O)[C@@H](C)NC(=O)C1CCCCC1)[C@H](C)[C@@H](O)/C(C)=C\CC2. The van der Waals surface area contributed by atoms with Gasteiger partial charge in [-0.2, -0.15) is 0 Å². The third-order valence-corrected chi connectivity index (χ3v) is 8.91. The van der Waals surface area contributed by atoms with Gasteiger partial charge in [0.05, 0.1) is 31.4 Å². The fraction of sp³-hybridized carbons (Fsp3) is 0.541. The molecular weight excluding hydrogens is 600 g/mol. The molecule has 10 nitrogen and oxygen atoms in total. The predicted octanol–water partition coefficient (Wildman–Crippen LogP) is 5.69. The Morgan fingerprint density at radius 1 is 1.06 bits per heavy atom. The largest absolute Gasteiger partial charge is 0.505 e. The van der Waals surface area contributed by atoms with Crippen molar-refractivity contribution in [3.05, 3.63) is 65.8 Å². The highest BCUT2D eigenvalue weighted by molar-refractivity contribution is 5.93. The molecule has 1 aromatic carbocycles. The molecule has 1 aliphatic carbocycles. The van der Waals surface area contributed by atoms with Gasteiger partial charge in [-0.15, -0.1) is 0 Å². The maximum Gasteiger partial charge on any atom is 0.328 e. The van der Waals surface area contributed by atoms with E-state index in [1.54, 1.807) is 43.4 Å². The number of rotatable bonds is 6. The maximum atomic E-state index is 13.2. The van der Waals surface area contributed by atoms with E-state index in [4.69, 9.17) is 14.2 Å². The molecule has 4 N–H and O–H groups in total. The fourth-order valence-electron chi connectivity index (χ4n) is 5.86. The first-order valence-electron chi connectivity index (χ1n) is 16.6. The normalized spacial score (nSPS) is 27.4. The van der Waals surface area contributed by atoms with Crippen LogP contribution in [0.3, 0.4) is 0 Å². The molecule has 1 fully saturated rings. The summed E-state index contributed by atoms with van der Waals surface area (Å²) >= 11 is 0. The van der Waals surface area contributed by atoms with Crippen LogP contribution in [-0.4, -0.2) is 66.6 Å². The Balaban J connectivity index is 1.83. The molecule has 1 saturated carbocycles. The van der Waals surface area contributed by atoms with E-state index >= 15 is 0 Å². The summed E-state index contributed by atoms with van der Waals surface area (Å²) in [5.74, 6) is -1.11. The minimum atomic E-state index is -0.916. The van der Waals surface area contributed by atoms with Crippen LogP contribution >= 0.6 is 0 Å². The van der Waals surface area contributed by atoms with E-state index in [9.17, 15) is 24.6 Å². The summed E-state index contributed by atoms with van der Waals surface area (Å²) < 4.78 is 16.8. The Labute approximate surface area is 278 Å². The van der Waals surface area contributed by atoms with Gasteiger partial charge >= 0.3 is 5.97 Å². The van der Waals surface area contributed by atoms with Gasteiger partial charge in [0.2, 0.25) is 11.8 Å². The number of benzene rings is 1. The van der Waals surface area contributed by atoms with E-state index in [0.29, 0.717) is 36.1 Å². The van der Waals surface area contributed by atoms with Crippen LogP contribution in [-0.2, 0) is 30.3 Å². The van der Waals surface area contributed by atoms with E-state index < -0.39 is 36.2 Å². The van der Waals surface area contributed by atoms with Crippen LogP contribution in [0.25, 0.3) is 0 Å². The first-order valence-corrected chi connectivity index (χ1v) is 16.6. The number of methoxy groups -OCH3 is 2. The molecule has 0 aromatic heterocycles. The zero-order chi connectivity index (χ0) is 34.3. The zero-order valence-corrected chi connectivity index (χ0v) is 28.4. The number of aliphatic hydroxyl groups excluding tert-OH is 1. The number of aliphatic hydroxyl groups is 1. The highest BCUT2D eigenvalue weighted by Gasteiger charge is 2.31. The lowest BCUT2D eigenvalue weighted by Crippen LogP contribution is -2.45. The number of allylic oxidation sites excluding steroid dienone is 5. The molecule has 1 aromatic rings. The van der Waals surface area contributed by atoms with E-state index in [-0.39, 0.29) is 35.6 Å². The number of anilines is 1. The average Bonchev–Trinajstić information content (AvgIpc) is 3.07. The quantitative estimate of drug-likeness (QED) is 0.174. The molecule has 0 spiro atoms. The standard InChI is InChI=1S/C37H52N2O8/c1-24-15-14-18-28-21-30(46-5)22-31(35(28)42)39-33(40)23-29(45-4)19-12-7-6-8-13-20-32(25(2)34(24)41)47-37(44)26(3)38-36(43)27-16-10-9-11-17-27/h6-8,12-13,15,19,21-22,25-27,29,32,34,41-42H,9-11,14,16-18,20,23H2,1-5H3,(H,38,43)(H,39,40)/b7-6+,13-8+,19-12+,24-15-/t25-,26+,29-,32-,34-/m0/s1. The summed E-state index contributed by atoms with van der Waals surface area (Å²) in [4.78, 5) is 38.8. The number of carbonyl (C=O) groups excluding carboxylic acids is 3. The highest BCUT2D eigenvalue weighted by Crippen LogP contribution is 2.34. The van der Waals surface area contributed by atoms with Gasteiger partial charge in [0.1, 0.15) is 23.6 Å². The summed E-state index contributed by atoms with van der Waals surface area (Å²) in [5.41, 5.74) is 1.51. The van der Waals surface area contributed by atoms with Crippen LogP contribution in [0.15, 0.2) is 60.2 Å². The number of hydrogen-bond donors (Lipinski definition) is 4. The van der Waals surface area contributed by atoms with Gasteiger partial charge in [-0.1, -0.05) is 68.7 Å². The number of fused-ring (bicyclic) bond motifs is 2. The lowest BCUT2D eigenvalue weighted by Gasteiger charge is -2.29. The van der Waals surface area contributed by atoms with Crippen molar-refractivity contribution in [2.75, 3.05) is 19.5 Å². The molecule has 0 saturated heterocycles. The Hall–Kier alpha value is -3.89. The van der Waals surface area contributed by atoms with Gasteiger partial charge in [0, 0.05) is 37.0 Å². The fourth-order valence-corrected chi connectivity index (χ4v) is 5.86. The molecule has 3 rings (SSSR count). The summed E-state index contributed by atoms with van der Waals surface area (Å²) in [6.45, 7) is 5.28. The molecule has 5 atom stereocenters. The molecular formula is C37H52N2O8. The van der Waals surface area contributed by atoms with Gasteiger partial charge < -0.3 is 35.1 Å². The molecule has 258 valence electrons. The number of ether oxygens (including phenoxy) is 3. The van der Waals surface area contributed by atoms with E-state index in [1.807, 2.05) is 32.1 Å². The second-order valence-electron chi connectivity index (χ2n) is 12.5. The van der Waals surface area contributed by atoms with Crippen LogP contribution in [0.1, 0.15) is 77.7 Å². The predicted molar refractivity (Wildman–Crippen MR) is 182 cm³/mol. The molecule has 0 unspecified atom stereocenters. The number of aromatic hydroxyl groups is 1. The number of phenolic OH excluding ortho intramolecular Hbond substituents is 1. The summed E-state index contributed by atoms with van der Waals surface area (Å²) in [7, 11) is 3.03. The number of esters is 1. The number of amides is 2. The van der Waals surface area contributed by atoms with Crippen LogP contribution in [0.2, 0.25) is 0 Å². The molecule has 2 aliphatic rings. The van der Waals surface area contributed by atoms with E-state index in [2.05, 4.69) is 10.6 Å². The van der Waals surface area contributed by atoms with Crippen LogP contribution in [0, 0.1) is 11.8 Å². The summed E-state index contributed by atoms with van der Waals surface area (Å²) in [5, 5.41) is 27.9. The highest BCUT2D eigenvalue weighted by atomic mass is 16.5. The van der Waals surface area contributed by atoms with Gasteiger partial charge in [-0.3, -0.25) is 9.59 Å². The van der Waals surface area contributed by atoms with Crippen molar-refractivity contribution in [2.24, 2.45) is 11.8 Å². The lowest BCUT2D eigenvalue weighted by molar-refractivity contribution is -0.156. The van der Waals surface area contributed by atoms with Crippen molar-refractivity contribution in [1.82, 2.24) is 5.32 Å². The Bertz CT molecular complexity index is 1330. The first kappa shape index (κ1) is 37.6. The number of nitrogens with one attached hydrogen (secondary N) is 2. The second kappa shape index (κ2) is 19.1. The molecule has 47 heavy (non-hydrogen) atoms. The topological polar surface area (TPSA) is 143 Å². The van der Waals surface area contributed by atoms with Crippen molar-refractivity contribution in [1.29, 1.82) is 0 Å². The van der Waals surface area contributed by atoms with Crippen molar-refractivity contribution in [3.63, 3.8) is 0 Å². The van der Waals surface area contributed by atoms with E-state index in [1.165, 1.54) is 14.2 Å². The number of hydrogen-bond acceptors (Lipinski definition) is 8. The smallest absolute Gasteiger partial charge is 0.328 e. The minimum absolute atomic E-state index is 0.0347. The zero-order valence-electron chi connectivity index (χ0n) is 28.4. The van der Waals surface area contributed by atoms with Gasteiger partial charge in [-0.25, -0.2) is 4.79 Å². The average molecular weight is 653 g/mol. The maximum absolute atomic E-state index is 13.2. The van der Waals surface area contributed by atoms with Gasteiger partial charge in [-0.05, 0) is 51.2 Å². The van der Waals surface area contributed by atoms with Crippen LogP contribution in [0.5, 0.6) is 11.5 Å². The molecule has 2 amide bonds. The molecule has 10 heteroatoms. The van der Waals surface area contributed by atoms with Crippen molar-refractivity contribution in [2.45, 2.75) is 103 Å². The van der Waals surface area contributed by atoms with Crippen molar-refractivity contribution < 1.29 is 38.8 Å². The van der Waals surface area contributed by atoms with Crippen molar-refractivity contribution in [3.8, 4) is 11.5 Å². The van der Waals surface area contributed by atoms with E-state index in [0.717, 1.165) is 32.1 Å². The Morgan fingerprint density at radius 2 is 1.79 bits per heavy atom. The third kappa shape index (κ3) is 11.7. The number of carbonyl (C=O) groups is 3. The Kier molecular flexibility index (Phi) is 15.2. The molecule has 2 bridgehead atoms. The Morgan fingerprint density at radius 3 is 2.49 bits per heavy atom. The van der Waals surface area contributed by atoms with Crippen molar-refractivity contribution >= 4 is 23.5 Å². The van der Waals surface area contributed by atoms with Gasteiger partial charge in [0.15, 0.2) is 0 Å². The van der Waals surface area contributed by atoms with Crippen LogP contribution < -0.4 is 15.4 Å². The molecule has 1 aliphatic heterocycles. The lowest BCUT2D eigenvalue weighted by atomic mass is 9.88. The van der Waals surface area contributed by atoms with Crippen LogP contribution in [0.4, 0.5) is 5.69 Å². The molecule has 1 heterocycles.